The Labute approximate surface area is 249 Å². The Balaban J connectivity index is 0.000000525. The van der Waals surface area contributed by atoms with Crippen molar-refractivity contribution in [2.75, 3.05) is 18.4 Å². The van der Waals surface area contributed by atoms with Crippen LogP contribution in [0.4, 0.5) is 5.69 Å². The molecule has 0 heterocycles. The van der Waals surface area contributed by atoms with Gasteiger partial charge in [0.2, 0.25) is 5.91 Å². The summed E-state index contributed by atoms with van der Waals surface area (Å²) in [7, 11) is 0. The first-order chi connectivity index (χ1) is 19.5. The zero-order valence-electron chi connectivity index (χ0n) is 23.0. The minimum absolute atomic E-state index is 0.0906. The van der Waals surface area contributed by atoms with Gasteiger partial charge in [0.05, 0.1) is 6.42 Å². The van der Waals surface area contributed by atoms with Gasteiger partial charge in [-0.2, -0.15) is 0 Å². The van der Waals surface area contributed by atoms with Crippen molar-refractivity contribution in [2.45, 2.75) is 38.6 Å². The average molecular weight is 632 g/mol. The topological polar surface area (TPSA) is 199 Å². The van der Waals surface area contributed by atoms with Crippen molar-refractivity contribution in [1.82, 2.24) is 0 Å². The van der Waals surface area contributed by atoms with Crippen LogP contribution in [0.3, 0.4) is 0 Å². The van der Waals surface area contributed by atoms with Crippen LogP contribution in [0.1, 0.15) is 41.3 Å². The van der Waals surface area contributed by atoms with Crippen LogP contribution in [-0.4, -0.2) is 53.5 Å². The van der Waals surface area contributed by atoms with Crippen LogP contribution < -0.4 is 22.5 Å². The van der Waals surface area contributed by atoms with E-state index in [9.17, 15) is 19.2 Å². The molecule has 0 saturated heterocycles. The Hall–Kier alpha value is -3.90. The van der Waals surface area contributed by atoms with Crippen LogP contribution in [0.5, 0.6) is 0 Å². The second-order valence-electron chi connectivity index (χ2n) is 8.52. The molecule has 41 heavy (non-hydrogen) atoms. The van der Waals surface area contributed by atoms with E-state index < -0.39 is 18.0 Å². The van der Waals surface area contributed by atoms with E-state index in [1.165, 1.54) is 12.5 Å². The number of anilines is 1. The van der Waals surface area contributed by atoms with Crippen molar-refractivity contribution in [3.8, 4) is 0 Å². The minimum Gasteiger partial charge on any atom is -0.481 e. The van der Waals surface area contributed by atoms with Crippen LogP contribution in [-0.2, 0) is 27.2 Å². The lowest BCUT2D eigenvalue weighted by atomic mass is 10.2. The molecular formula is C30H39BrN4O6. The smallest absolute Gasteiger partial charge is 0.320 e. The molecule has 1 atom stereocenters. The molecule has 3 aromatic carbocycles. The summed E-state index contributed by atoms with van der Waals surface area (Å²) in [6.45, 7) is 2.68. The third-order valence-corrected chi connectivity index (χ3v) is 5.48. The van der Waals surface area contributed by atoms with Gasteiger partial charge in [-0.15, -0.1) is 0 Å². The molecule has 222 valence electrons. The summed E-state index contributed by atoms with van der Waals surface area (Å²) in [4.78, 5) is 41.1. The summed E-state index contributed by atoms with van der Waals surface area (Å²) in [5.41, 5.74) is 19.1. The van der Waals surface area contributed by atoms with Gasteiger partial charge < -0.3 is 32.7 Å². The van der Waals surface area contributed by atoms with E-state index in [1.807, 2.05) is 30.3 Å². The quantitative estimate of drug-likeness (QED) is 0.180. The zero-order valence-corrected chi connectivity index (χ0v) is 24.6. The molecule has 0 radical (unpaired) electrons. The molecule has 0 bridgehead atoms. The number of nitrogens with one attached hydrogen (secondary N) is 1. The number of aliphatic carboxylic acids is 2. The van der Waals surface area contributed by atoms with Gasteiger partial charge in [-0.3, -0.25) is 19.2 Å². The molecule has 11 heteroatoms. The molecule has 0 unspecified atom stereocenters. The Bertz CT molecular complexity index is 1160. The van der Waals surface area contributed by atoms with Gasteiger partial charge in [-0.1, -0.05) is 58.4 Å². The Morgan fingerprint density at radius 3 is 1.90 bits per heavy atom. The highest BCUT2D eigenvalue weighted by atomic mass is 79.9. The van der Waals surface area contributed by atoms with E-state index >= 15 is 0 Å². The van der Waals surface area contributed by atoms with Gasteiger partial charge in [0.1, 0.15) is 12.3 Å². The maximum Gasteiger partial charge on any atom is 0.320 e. The monoisotopic (exact) mass is 630 g/mol. The lowest BCUT2D eigenvalue weighted by molar-refractivity contribution is -0.139. The van der Waals surface area contributed by atoms with Crippen molar-refractivity contribution in [3.63, 3.8) is 0 Å². The highest BCUT2D eigenvalue weighted by Gasteiger charge is 2.08. The van der Waals surface area contributed by atoms with E-state index in [2.05, 4.69) is 33.4 Å². The molecule has 0 saturated carbocycles. The Morgan fingerprint density at radius 2 is 1.46 bits per heavy atom. The summed E-state index contributed by atoms with van der Waals surface area (Å²) in [6.07, 6.45) is 2.98. The van der Waals surface area contributed by atoms with E-state index in [0.29, 0.717) is 30.6 Å². The number of aldehydes is 1. The highest BCUT2D eigenvalue weighted by Crippen LogP contribution is 2.10. The number of halogens is 1. The fourth-order valence-electron chi connectivity index (χ4n) is 2.90. The highest BCUT2D eigenvalue weighted by molar-refractivity contribution is 9.10. The van der Waals surface area contributed by atoms with Crippen LogP contribution >= 0.6 is 15.9 Å². The normalized spacial score (nSPS) is 10.2. The number of carbonyl (C=O) groups is 4. The number of benzene rings is 3. The maximum absolute atomic E-state index is 10.6. The van der Waals surface area contributed by atoms with Crippen molar-refractivity contribution in [2.24, 2.45) is 17.2 Å². The molecule has 0 aromatic heterocycles. The van der Waals surface area contributed by atoms with Crippen molar-refractivity contribution < 1.29 is 29.4 Å². The van der Waals surface area contributed by atoms with Gasteiger partial charge in [-0.25, -0.2) is 0 Å². The Kier molecular flexibility index (Phi) is 20.7. The molecule has 3 rings (SSSR count). The first kappa shape index (κ1) is 37.1. The number of nitrogens with two attached hydrogens (primary N) is 3. The van der Waals surface area contributed by atoms with E-state index in [1.54, 1.807) is 36.4 Å². The number of hydrogen-bond donors (Lipinski definition) is 6. The van der Waals surface area contributed by atoms with Crippen LogP contribution in [0.25, 0.3) is 0 Å². The zero-order chi connectivity index (χ0) is 31.0. The third-order valence-electron chi connectivity index (χ3n) is 4.95. The Morgan fingerprint density at radius 1 is 0.878 bits per heavy atom. The summed E-state index contributed by atoms with van der Waals surface area (Å²) in [5.74, 6) is -1.87. The van der Waals surface area contributed by atoms with E-state index in [4.69, 9.17) is 27.4 Å². The predicted molar refractivity (Wildman–Crippen MR) is 165 cm³/mol. The van der Waals surface area contributed by atoms with Crippen molar-refractivity contribution >= 4 is 45.7 Å². The molecule has 10 nitrogen and oxygen atoms in total. The number of carboxylic acids is 2. The lowest BCUT2D eigenvalue weighted by Crippen LogP contribution is -2.30. The summed E-state index contributed by atoms with van der Waals surface area (Å²) in [5, 5.41) is 19.3. The molecule has 0 spiro atoms. The maximum atomic E-state index is 10.6. The second-order valence-corrected chi connectivity index (χ2v) is 9.43. The molecule has 0 fully saturated rings. The molecule has 0 aliphatic heterocycles. The summed E-state index contributed by atoms with van der Waals surface area (Å²) >= 11 is 3.26. The van der Waals surface area contributed by atoms with Crippen LogP contribution in [0.2, 0.25) is 0 Å². The van der Waals surface area contributed by atoms with E-state index in [0.717, 1.165) is 29.3 Å². The first-order valence-electron chi connectivity index (χ1n) is 12.7. The largest absolute Gasteiger partial charge is 0.481 e. The summed E-state index contributed by atoms with van der Waals surface area (Å²) in [6, 6.07) is 23.4. The summed E-state index contributed by atoms with van der Waals surface area (Å²) < 4.78 is 0.964. The minimum atomic E-state index is -0.955. The van der Waals surface area contributed by atoms with Crippen molar-refractivity contribution in [3.05, 3.63) is 100 Å². The average Bonchev–Trinajstić information content (AvgIpc) is 2.94. The van der Waals surface area contributed by atoms with Crippen molar-refractivity contribution in [1.29, 1.82) is 0 Å². The van der Waals surface area contributed by atoms with Gasteiger partial charge in [0.15, 0.2) is 0 Å². The van der Waals surface area contributed by atoms with E-state index in [-0.39, 0.29) is 12.3 Å². The van der Waals surface area contributed by atoms with Crippen LogP contribution in [0.15, 0.2) is 83.3 Å². The standard InChI is InChI=1S/C9H9NO2.C8H7BrO2.C8H11N.C5H12N2O2/c1-7(12)10-9-4-2-8(6-11)3-5-9;9-7-3-1-6(2-4-7)5-8(10)11;9-7-6-8-4-2-1-3-5-8;6-3-1-2-4(7)5(8)9/h2-6H,1H3,(H,10,12);1-4H,5H2,(H,10,11);1-5H,6-7,9H2;4H,1-3,6-7H2,(H,8,9)/t;;;4-/m...0/s1. The number of carboxylic acid groups (broad SMARTS) is 2. The lowest BCUT2D eigenvalue weighted by Gasteiger charge is -2.02. The fraction of sp³-hybridized carbons (Fsp3) is 0.267. The number of hydrogen-bond acceptors (Lipinski definition) is 7. The fourth-order valence-corrected chi connectivity index (χ4v) is 3.16. The van der Waals surface area contributed by atoms with Gasteiger partial charge >= 0.3 is 11.9 Å². The third kappa shape index (κ3) is 20.6. The molecule has 0 aliphatic carbocycles. The van der Waals surface area contributed by atoms with Gasteiger partial charge in [0.25, 0.3) is 0 Å². The number of amides is 1. The molecule has 3 aromatic rings. The van der Waals surface area contributed by atoms with Gasteiger partial charge in [-0.05, 0) is 79.9 Å². The SMILES string of the molecule is CC(=O)Nc1ccc(C=O)cc1.NCCC[C@H](N)C(=O)O.NCCc1ccccc1.O=C(O)Cc1ccc(Br)cc1. The number of carbonyl (C=O) groups excluding carboxylic acids is 2. The number of rotatable bonds is 10. The van der Waals surface area contributed by atoms with Crippen LogP contribution in [0, 0.1) is 0 Å². The molecule has 9 N–H and O–H groups in total. The second kappa shape index (κ2) is 22.9. The van der Waals surface area contributed by atoms with Gasteiger partial charge in [0, 0.05) is 22.6 Å². The molecule has 0 aliphatic rings. The predicted octanol–water partition coefficient (Wildman–Crippen LogP) is 3.86. The molecular weight excluding hydrogens is 592 g/mol. The molecule has 1 amide bonds. The first-order valence-corrected chi connectivity index (χ1v) is 13.5.